The number of alkyl halides is 1. The van der Waals surface area contributed by atoms with Crippen LogP contribution in [-0.2, 0) is 0 Å². The molecule has 2 N–H and O–H groups in total. The van der Waals surface area contributed by atoms with Crippen LogP contribution in [0.3, 0.4) is 0 Å². The van der Waals surface area contributed by atoms with E-state index in [-0.39, 0.29) is 5.92 Å². The van der Waals surface area contributed by atoms with Crippen LogP contribution < -0.4 is 15.2 Å². The van der Waals surface area contributed by atoms with Gasteiger partial charge >= 0.3 is 0 Å². The standard InChI is InChI=1S/C13H20FNO2/c1-8(7-15)10-5-12(16-3)13(17-4)6-11(10)9(2)14/h5-6,8-9H,7,15H2,1-4H3. The van der Waals surface area contributed by atoms with Gasteiger partial charge in [0.1, 0.15) is 6.17 Å². The summed E-state index contributed by atoms with van der Waals surface area (Å²) in [5, 5.41) is 0. The Morgan fingerprint density at radius 2 is 1.59 bits per heavy atom. The lowest BCUT2D eigenvalue weighted by Gasteiger charge is -2.19. The second kappa shape index (κ2) is 5.87. The van der Waals surface area contributed by atoms with Crippen LogP contribution in [0.25, 0.3) is 0 Å². The van der Waals surface area contributed by atoms with Crippen molar-refractivity contribution in [3.8, 4) is 11.5 Å². The fourth-order valence-corrected chi connectivity index (χ4v) is 1.81. The van der Waals surface area contributed by atoms with Crippen molar-refractivity contribution in [2.24, 2.45) is 5.73 Å². The third-order valence-electron chi connectivity index (χ3n) is 2.90. The van der Waals surface area contributed by atoms with Gasteiger partial charge in [-0.05, 0) is 42.6 Å². The topological polar surface area (TPSA) is 44.5 Å². The molecule has 0 heterocycles. The Hall–Kier alpha value is -1.29. The number of nitrogens with two attached hydrogens (primary N) is 1. The lowest BCUT2D eigenvalue weighted by molar-refractivity contribution is 0.344. The van der Waals surface area contributed by atoms with Crippen LogP contribution in [0.2, 0.25) is 0 Å². The van der Waals surface area contributed by atoms with Crippen molar-refractivity contribution >= 4 is 0 Å². The maximum atomic E-state index is 13.6. The molecule has 0 saturated heterocycles. The van der Waals surface area contributed by atoms with Gasteiger partial charge in [0.15, 0.2) is 11.5 Å². The zero-order valence-corrected chi connectivity index (χ0v) is 10.8. The smallest absolute Gasteiger partial charge is 0.161 e. The van der Waals surface area contributed by atoms with Crippen molar-refractivity contribution in [2.75, 3.05) is 20.8 Å². The highest BCUT2D eigenvalue weighted by molar-refractivity contribution is 5.49. The molecule has 0 aliphatic heterocycles. The van der Waals surface area contributed by atoms with E-state index in [1.165, 1.54) is 14.0 Å². The van der Waals surface area contributed by atoms with Gasteiger partial charge in [-0.3, -0.25) is 0 Å². The minimum absolute atomic E-state index is 0.0861. The fraction of sp³-hybridized carbons (Fsp3) is 0.538. The van der Waals surface area contributed by atoms with Crippen LogP contribution in [0.4, 0.5) is 4.39 Å². The van der Waals surface area contributed by atoms with Crippen molar-refractivity contribution in [1.82, 2.24) is 0 Å². The fourth-order valence-electron chi connectivity index (χ4n) is 1.81. The molecule has 96 valence electrons. The van der Waals surface area contributed by atoms with Gasteiger partial charge < -0.3 is 15.2 Å². The predicted molar refractivity (Wildman–Crippen MR) is 66.5 cm³/mol. The zero-order valence-electron chi connectivity index (χ0n) is 10.8. The third kappa shape index (κ3) is 2.88. The van der Waals surface area contributed by atoms with Gasteiger partial charge in [-0.15, -0.1) is 0 Å². The van der Waals surface area contributed by atoms with Gasteiger partial charge in [-0.25, -0.2) is 4.39 Å². The first-order valence-corrected chi connectivity index (χ1v) is 5.65. The van der Waals surface area contributed by atoms with Gasteiger partial charge in [-0.2, -0.15) is 0 Å². The number of benzene rings is 1. The van der Waals surface area contributed by atoms with Gasteiger partial charge in [0.25, 0.3) is 0 Å². The molecular formula is C13H20FNO2. The third-order valence-corrected chi connectivity index (χ3v) is 2.90. The first-order chi connectivity index (χ1) is 8.04. The molecule has 2 atom stereocenters. The van der Waals surface area contributed by atoms with E-state index >= 15 is 0 Å². The van der Waals surface area contributed by atoms with Crippen LogP contribution in [0.1, 0.15) is 37.1 Å². The number of rotatable bonds is 5. The summed E-state index contributed by atoms with van der Waals surface area (Å²) < 4.78 is 24.0. The molecule has 0 saturated carbocycles. The summed E-state index contributed by atoms with van der Waals surface area (Å²) in [6, 6.07) is 3.49. The first-order valence-electron chi connectivity index (χ1n) is 5.65. The van der Waals surface area contributed by atoms with E-state index in [0.717, 1.165) is 5.56 Å². The Morgan fingerprint density at radius 1 is 1.12 bits per heavy atom. The molecule has 0 radical (unpaired) electrons. The van der Waals surface area contributed by atoms with Crippen molar-refractivity contribution in [2.45, 2.75) is 25.9 Å². The van der Waals surface area contributed by atoms with Gasteiger partial charge in [0, 0.05) is 0 Å². The summed E-state index contributed by atoms with van der Waals surface area (Å²) in [7, 11) is 3.10. The molecule has 0 aliphatic rings. The molecule has 1 rings (SSSR count). The molecule has 0 spiro atoms. The second-order valence-electron chi connectivity index (χ2n) is 4.09. The van der Waals surface area contributed by atoms with E-state index in [1.807, 2.05) is 13.0 Å². The zero-order chi connectivity index (χ0) is 13.0. The summed E-state index contributed by atoms with van der Waals surface area (Å²) in [5.74, 6) is 1.23. The Morgan fingerprint density at radius 3 is 1.94 bits per heavy atom. The van der Waals surface area contributed by atoms with Gasteiger partial charge in [0.2, 0.25) is 0 Å². The van der Waals surface area contributed by atoms with E-state index < -0.39 is 6.17 Å². The Labute approximate surface area is 102 Å². The van der Waals surface area contributed by atoms with Crippen LogP contribution in [-0.4, -0.2) is 20.8 Å². The lowest BCUT2D eigenvalue weighted by Crippen LogP contribution is -2.12. The van der Waals surface area contributed by atoms with Gasteiger partial charge in [-0.1, -0.05) is 6.92 Å². The van der Waals surface area contributed by atoms with E-state index in [1.54, 1.807) is 13.2 Å². The summed E-state index contributed by atoms with van der Waals surface area (Å²) in [6.45, 7) is 3.94. The molecule has 1 aromatic carbocycles. The molecule has 2 unspecified atom stereocenters. The largest absolute Gasteiger partial charge is 0.493 e. The van der Waals surface area contributed by atoms with Crippen LogP contribution in [0, 0.1) is 0 Å². The lowest BCUT2D eigenvalue weighted by atomic mass is 9.93. The summed E-state index contributed by atoms with van der Waals surface area (Å²) in [5.41, 5.74) is 7.13. The van der Waals surface area contributed by atoms with Crippen molar-refractivity contribution in [3.05, 3.63) is 23.3 Å². The molecular weight excluding hydrogens is 221 g/mol. The molecule has 4 heteroatoms. The number of hydrogen-bond donors (Lipinski definition) is 1. The van der Waals surface area contributed by atoms with Crippen molar-refractivity contribution < 1.29 is 13.9 Å². The average Bonchev–Trinajstić information content (AvgIpc) is 2.35. The first kappa shape index (κ1) is 13.8. The Bertz CT molecular complexity index is 380. The number of methoxy groups -OCH3 is 2. The minimum Gasteiger partial charge on any atom is -0.493 e. The molecule has 17 heavy (non-hydrogen) atoms. The van der Waals surface area contributed by atoms with Crippen LogP contribution >= 0.6 is 0 Å². The Balaban J connectivity index is 3.34. The monoisotopic (exact) mass is 241 g/mol. The predicted octanol–water partition coefficient (Wildman–Crippen LogP) is 2.80. The molecule has 3 nitrogen and oxygen atoms in total. The minimum atomic E-state index is -1.06. The second-order valence-corrected chi connectivity index (χ2v) is 4.09. The van der Waals surface area contributed by atoms with Crippen LogP contribution in [0.5, 0.6) is 11.5 Å². The van der Waals surface area contributed by atoms with E-state index in [4.69, 9.17) is 15.2 Å². The molecule has 1 aromatic rings. The van der Waals surface area contributed by atoms with E-state index in [9.17, 15) is 4.39 Å². The molecule has 0 aliphatic carbocycles. The number of halogens is 1. The molecule has 0 bridgehead atoms. The van der Waals surface area contributed by atoms with Crippen LogP contribution in [0.15, 0.2) is 12.1 Å². The maximum absolute atomic E-state index is 13.6. The SMILES string of the molecule is COc1cc(C(C)F)c(C(C)CN)cc1OC. The highest BCUT2D eigenvalue weighted by atomic mass is 19.1. The number of hydrogen-bond acceptors (Lipinski definition) is 3. The molecule has 0 aromatic heterocycles. The van der Waals surface area contributed by atoms with Crippen molar-refractivity contribution in [1.29, 1.82) is 0 Å². The normalized spacial score (nSPS) is 14.2. The quantitative estimate of drug-likeness (QED) is 0.862. The Kier molecular flexibility index (Phi) is 4.75. The summed E-state index contributed by atoms with van der Waals surface area (Å²) >= 11 is 0. The number of ether oxygens (including phenoxy) is 2. The highest BCUT2D eigenvalue weighted by Gasteiger charge is 2.18. The van der Waals surface area contributed by atoms with E-state index in [0.29, 0.717) is 23.6 Å². The molecule has 0 fully saturated rings. The van der Waals surface area contributed by atoms with E-state index in [2.05, 4.69) is 0 Å². The summed E-state index contributed by atoms with van der Waals surface area (Å²) in [6.07, 6.45) is -1.06. The average molecular weight is 241 g/mol. The highest BCUT2D eigenvalue weighted by Crippen LogP contribution is 2.37. The molecule has 0 amide bonds. The maximum Gasteiger partial charge on any atom is 0.161 e. The summed E-state index contributed by atoms with van der Waals surface area (Å²) in [4.78, 5) is 0. The van der Waals surface area contributed by atoms with Crippen molar-refractivity contribution in [3.63, 3.8) is 0 Å². The van der Waals surface area contributed by atoms with Gasteiger partial charge in [0.05, 0.1) is 14.2 Å².